The van der Waals surface area contributed by atoms with Crippen LogP contribution in [0.15, 0.2) is 0 Å². The number of rotatable bonds is 6. The Morgan fingerprint density at radius 3 is 2.22 bits per heavy atom. The summed E-state index contributed by atoms with van der Waals surface area (Å²) >= 11 is 0. The topological polar surface area (TPSA) is 87.2 Å². The molecule has 0 aliphatic carbocycles. The lowest BCUT2D eigenvalue weighted by Gasteiger charge is -2.29. The average molecular weight is 260 g/mol. The van der Waals surface area contributed by atoms with Crippen LogP contribution in [0.2, 0.25) is 0 Å². The summed E-state index contributed by atoms with van der Waals surface area (Å²) < 4.78 is 4.47. The normalized spacial score (nSPS) is 10.1. The van der Waals surface area contributed by atoms with E-state index in [1.54, 1.807) is 13.8 Å². The molecule has 0 aliphatic heterocycles. The fraction of sp³-hybridized carbons (Fsp3) is 0.727. The smallest absolute Gasteiger partial charge is 0.323 e. The summed E-state index contributed by atoms with van der Waals surface area (Å²) in [7, 11) is 2.79. The van der Waals surface area contributed by atoms with Crippen LogP contribution in [0.1, 0.15) is 20.3 Å². The van der Waals surface area contributed by atoms with E-state index in [1.807, 2.05) is 0 Å². The monoisotopic (exact) mass is 260 g/mol. The number of esters is 1. The maximum atomic E-state index is 12.0. The van der Waals surface area contributed by atoms with E-state index < -0.39 is 18.0 Å². The summed E-state index contributed by atoms with van der Waals surface area (Å²) in [4.78, 5) is 36.1. The van der Waals surface area contributed by atoms with Crippen LogP contribution in [0.4, 0.5) is 4.79 Å². The standard InChI is InChI=1S/C11H20N2O5/c1-8(2)13(7-9(14)15)11(17)12(3)6-5-10(16)18-4/h8H,5-7H2,1-4H3,(H,14,15). The second-order valence-corrected chi connectivity index (χ2v) is 4.15. The number of urea groups is 1. The second-order valence-electron chi connectivity index (χ2n) is 4.15. The van der Waals surface area contributed by atoms with Gasteiger partial charge in [-0.25, -0.2) is 4.79 Å². The lowest BCUT2D eigenvalue weighted by Crippen LogP contribution is -2.47. The van der Waals surface area contributed by atoms with E-state index in [0.717, 1.165) is 0 Å². The molecule has 7 nitrogen and oxygen atoms in total. The molecule has 1 N–H and O–H groups in total. The van der Waals surface area contributed by atoms with Gasteiger partial charge >= 0.3 is 18.0 Å². The zero-order valence-corrected chi connectivity index (χ0v) is 11.2. The molecule has 0 atom stereocenters. The fourth-order valence-electron chi connectivity index (χ4n) is 1.29. The van der Waals surface area contributed by atoms with Gasteiger partial charge in [0.1, 0.15) is 6.54 Å². The van der Waals surface area contributed by atoms with Gasteiger partial charge < -0.3 is 19.6 Å². The molecule has 0 aliphatic rings. The molecule has 0 spiro atoms. The van der Waals surface area contributed by atoms with Crippen molar-refractivity contribution in [2.45, 2.75) is 26.3 Å². The van der Waals surface area contributed by atoms with Crippen LogP contribution < -0.4 is 0 Å². The van der Waals surface area contributed by atoms with Gasteiger partial charge in [-0.3, -0.25) is 9.59 Å². The molecule has 0 bridgehead atoms. The van der Waals surface area contributed by atoms with Gasteiger partial charge in [0.05, 0.1) is 13.5 Å². The number of carbonyl (C=O) groups excluding carboxylic acids is 2. The molecule has 0 fully saturated rings. The Balaban J connectivity index is 4.47. The number of carbonyl (C=O) groups is 3. The van der Waals surface area contributed by atoms with E-state index in [2.05, 4.69) is 4.74 Å². The molecular weight excluding hydrogens is 240 g/mol. The molecule has 2 amide bonds. The Bertz CT molecular complexity index is 317. The van der Waals surface area contributed by atoms with Crippen LogP contribution in [0, 0.1) is 0 Å². The van der Waals surface area contributed by atoms with Gasteiger partial charge in [0, 0.05) is 19.6 Å². The number of methoxy groups -OCH3 is 1. The number of ether oxygens (including phenoxy) is 1. The number of hydrogen-bond donors (Lipinski definition) is 1. The van der Waals surface area contributed by atoms with Crippen LogP contribution in [0.3, 0.4) is 0 Å². The van der Waals surface area contributed by atoms with Crippen molar-refractivity contribution in [1.29, 1.82) is 0 Å². The fourth-order valence-corrected chi connectivity index (χ4v) is 1.29. The third-order valence-electron chi connectivity index (χ3n) is 2.38. The molecule has 0 radical (unpaired) electrons. The van der Waals surface area contributed by atoms with Crippen molar-refractivity contribution >= 4 is 18.0 Å². The molecule has 0 aromatic rings. The summed E-state index contributed by atoms with van der Waals surface area (Å²) in [5.41, 5.74) is 0. The predicted molar refractivity (Wildman–Crippen MR) is 64.1 cm³/mol. The average Bonchev–Trinajstić information content (AvgIpc) is 2.30. The Morgan fingerprint density at radius 1 is 1.28 bits per heavy atom. The molecule has 0 saturated carbocycles. The lowest BCUT2D eigenvalue weighted by atomic mass is 10.3. The Kier molecular flexibility index (Phi) is 6.77. The van der Waals surface area contributed by atoms with Crippen molar-refractivity contribution < 1.29 is 24.2 Å². The number of carboxylic acid groups (broad SMARTS) is 1. The van der Waals surface area contributed by atoms with E-state index in [0.29, 0.717) is 0 Å². The highest BCUT2D eigenvalue weighted by molar-refractivity contribution is 5.80. The van der Waals surface area contributed by atoms with Gasteiger partial charge in [-0.05, 0) is 13.8 Å². The van der Waals surface area contributed by atoms with E-state index >= 15 is 0 Å². The summed E-state index contributed by atoms with van der Waals surface area (Å²) in [6.07, 6.45) is 0.0811. The van der Waals surface area contributed by atoms with Gasteiger partial charge in [0.15, 0.2) is 0 Å². The maximum Gasteiger partial charge on any atom is 0.323 e. The minimum Gasteiger partial charge on any atom is -0.480 e. The van der Waals surface area contributed by atoms with Crippen LogP contribution in [-0.4, -0.2) is 66.2 Å². The lowest BCUT2D eigenvalue weighted by molar-refractivity contribution is -0.141. The summed E-state index contributed by atoms with van der Waals surface area (Å²) in [6, 6.07) is -0.648. The Labute approximate surface area is 106 Å². The predicted octanol–water partition coefficient (Wildman–Crippen LogP) is 0.396. The van der Waals surface area contributed by atoms with Gasteiger partial charge in [-0.2, -0.15) is 0 Å². The van der Waals surface area contributed by atoms with Gasteiger partial charge in [0.25, 0.3) is 0 Å². The molecule has 0 aromatic carbocycles. The highest BCUT2D eigenvalue weighted by Gasteiger charge is 2.23. The zero-order chi connectivity index (χ0) is 14.3. The van der Waals surface area contributed by atoms with E-state index in [-0.39, 0.29) is 25.6 Å². The molecule has 0 unspecified atom stereocenters. The molecule has 0 aromatic heterocycles. The van der Waals surface area contributed by atoms with Gasteiger partial charge in [-0.1, -0.05) is 0 Å². The number of aliphatic carboxylic acids is 1. The molecule has 18 heavy (non-hydrogen) atoms. The molecule has 0 saturated heterocycles. The van der Waals surface area contributed by atoms with E-state index in [9.17, 15) is 14.4 Å². The summed E-state index contributed by atoms with van der Waals surface area (Å²) in [5, 5.41) is 8.73. The second kappa shape index (κ2) is 7.52. The number of hydrogen-bond acceptors (Lipinski definition) is 4. The van der Waals surface area contributed by atoms with Crippen molar-refractivity contribution in [3.63, 3.8) is 0 Å². The highest BCUT2D eigenvalue weighted by atomic mass is 16.5. The Hall–Kier alpha value is -1.79. The first-order chi connectivity index (χ1) is 8.29. The minimum atomic E-state index is -1.07. The molecule has 104 valence electrons. The van der Waals surface area contributed by atoms with Crippen LogP contribution in [0.25, 0.3) is 0 Å². The first kappa shape index (κ1) is 16.2. The third kappa shape index (κ3) is 5.51. The molecular formula is C11H20N2O5. The van der Waals surface area contributed by atoms with Gasteiger partial charge in [0.2, 0.25) is 0 Å². The van der Waals surface area contributed by atoms with Crippen molar-refractivity contribution in [1.82, 2.24) is 9.80 Å². The SMILES string of the molecule is COC(=O)CCN(C)C(=O)N(CC(=O)O)C(C)C. The van der Waals surface area contributed by atoms with E-state index in [4.69, 9.17) is 5.11 Å². The number of nitrogens with zero attached hydrogens (tertiary/aromatic N) is 2. The summed E-state index contributed by atoms with van der Waals surface area (Å²) in [5.74, 6) is -1.48. The van der Waals surface area contributed by atoms with Crippen LogP contribution in [-0.2, 0) is 14.3 Å². The maximum absolute atomic E-state index is 12.0. The van der Waals surface area contributed by atoms with Crippen molar-refractivity contribution in [2.24, 2.45) is 0 Å². The van der Waals surface area contributed by atoms with E-state index in [1.165, 1.54) is 24.0 Å². The largest absolute Gasteiger partial charge is 0.480 e. The number of amides is 2. The molecule has 0 heterocycles. The van der Waals surface area contributed by atoms with Gasteiger partial charge in [-0.15, -0.1) is 0 Å². The quantitative estimate of drug-likeness (QED) is 0.698. The first-order valence-electron chi connectivity index (χ1n) is 5.60. The summed E-state index contributed by atoms with van der Waals surface area (Å²) in [6.45, 7) is 3.29. The van der Waals surface area contributed by atoms with Crippen molar-refractivity contribution in [3.05, 3.63) is 0 Å². The molecule has 7 heteroatoms. The van der Waals surface area contributed by atoms with Crippen molar-refractivity contribution in [3.8, 4) is 0 Å². The molecule has 0 rings (SSSR count). The highest BCUT2D eigenvalue weighted by Crippen LogP contribution is 2.04. The zero-order valence-electron chi connectivity index (χ0n) is 11.2. The first-order valence-corrected chi connectivity index (χ1v) is 5.60. The minimum absolute atomic E-state index is 0.0811. The van der Waals surface area contributed by atoms with Crippen LogP contribution in [0.5, 0.6) is 0 Å². The Morgan fingerprint density at radius 2 is 1.83 bits per heavy atom. The van der Waals surface area contributed by atoms with Crippen molar-refractivity contribution in [2.75, 3.05) is 27.2 Å². The van der Waals surface area contributed by atoms with Crippen LogP contribution >= 0.6 is 0 Å². The number of carboxylic acids is 1. The third-order valence-corrected chi connectivity index (χ3v) is 2.38.